The number of carbonyl (C=O) groups is 1. The van der Waals surface area contributed by atoms with E-state index in [-0.39, 0.29) is 11.5 Å². The zero-order valence-corrected chi connectivity index (χ0v) is 15.1. The highest BCUT2D eigenvalue weighted by Crippen LogP contribution is 2.26. The maximum atomic E-state index is 12.2. The van der Waals surface area contributed by atoms with Gasteiger partial charge < -0.3 is 9.15 Å². The van der Waals surface area contributed by atoms with Crippen LogP contribution in [-0.4, -0.2) is 28.8 Å². The van der Waals surface area contributed by atoms with E-state index in [2.05, 4.69) is 26.1 Å². The standard InChI is InChI=1S/C17H13BrN2O3S/c1-22-14-7-3-4-11(9-14)15(21)10-24-17-20-19-16(23-17)12-5-2-6-13(18)8-12/h2-9H,10H2,1H3. The molecule has 24 heavy (non-hydrogen) atoms. The van der Waals surface area contributed by atoms with E-state index in [1.807, 2.05) is 24.3 Å². The SMILES string of the molecule is COc1cccc(C(=O)CSc2nnc(-c3cccc(Br)c3)o2)c1. The van der Waals surface area contributed by atoms with Crippen LogP contribution in [0.3, 0.4) is 0 Å². The lowest BCUT2D eigenvalue weighted by Crippen LogP contribution is -2.02. The molecule has 1 heterocycles. The van der Waals surface area contributed by atoms with Crippen LogP contribution in [0.2, 0.25) is 0 Å². The highest BCUT2D eigenvalue weighted by molar-refractivity contribution is 9.10. The van der Waals surface area contributed by atoms with Crippen LogP contribution in [0.4, 0.5) is 0 Å². The number of hydrogen-bond acceptors (Lipinski definition) is 6. The first-order chi connectivity index (χ1) is 11.7. The van der Waals surface area contributed by atoms with E-state index in [1.165, 1.54) is 11.8 Å². The average molecular weight is 405 g/mol. The quantitative estimate of drug-likeness (QED) is 0.445. The van der Waals surface area contributed by atoms with E-state index in [1.54, 1.807) is 31.4 Å². The summed E-state index contributed by atoms with van der Waals surface area (Å²) in [6.07, 6.45) is 0. The number of halogens is 1. The molecule has 0 aliphatic rings. The molecule has 0 bridgehead atoms. The number of thioether (sulfide) groups is 1. The Labute approximate surface area is 151 Å². The third-order valence-electron chi connectivity index (χ3n) is 3.20. The van der Waals surface area contributed by atoms with Crippen molar-refractivity contribution in [1.29, 1.82) is 0 Å². The molecular weight excluding hydrogens is 392 g/mol. The molecule has 0 aliphatic carbocycles. The van der Waals surface area contributed by atoms with Crippen LogP contribution in [0.25, 0.3) is 11.5 Å². The third-order valence-corrected chi connectivity index (χ3v) is 4.51. The van der Waals surface area contributed by atoms with Gasteiger partial charge in [0.1, 0.15) is 5.75 Å². The summed E-state index contributed by atoms with van der Waals surface area (Å²) in [6, 6.07) is 14.6. The van der Waals surface area contributed by atoms with E-state index >= 15 is 0 Å². The largest absolute Gasteiger partial charge is 0.497 e. The maximum Gasteiger partial charge on any atom is 0.277 e. The zero-order chi connectivity index (χ0) is 16.9. The molecule has 0 N–H and O–H groups in total. The Morgan fingerprint density at radius 1 is 1.21 bits per heavy atom. The van der Waals surface area contributed by atoms with Gasteiger partial charge in [-0.1, -0.05) is 45.9 Å². The number of benzene rings is 2. The molecule has 0 saturated heterocycles. The van der Waals surface area contributed by atoms with Gasteiger partial charge in [0, 0.05) is 15.6 Å². The summed E-state index contributed by atoms with van der Waals surface area (Å²) >= 11 is 4.62. The molecule has 2 aromatic carbocycles. The summed E-state index contributed by atoms with van der Waals surface area (Å²) in [5.74, 6) is 1.27. The molecule has 0 saturated carbocycles. The van der Waals surface area contributed by atoms with Gasteiger partial charge in [0.2, 0.25) is 5.89 Å². The number of carbonyl (C=O) groups excluding carboxylic acids is 1. The van der Waals surface area contributed by atoms with Crippen LogP contribution in [0.1, 0.15) is 10.4 Å². The Morgan fingerprint density at radius 3 is 2.83 bits per heavy atom. The Balaban J connectivity index is 1.66. The second-order valence-corrected chi connectivity index (χ2v) is 6.67. The van der Waals surface area contributed by atoms with Crippen LogP contribution >= 0.6 is 27.7 Å². The van der Waals surface area contributed by atoms with E-state index in [4.69, 9.17) is 9.15 Å². The molecule has 3 rings (SSSR count). The Bertz CT molecular complexity index is 866. The van der Waals surface area contributed by atoms with Crippen LogP contribution in [0, 0.1) is 0 Å². The summed E-state index contributed by atoms with van der Waals surface area (Å²) in [4.78, 5) is 12.2. The normalized spacial score (nSPS) is 10.6. The fourth-order valence-electron chi connectivity index (χ4n) is 2.01. The highest BCUT2D eigenvalue weighted by atomic mass is 79.9. The molecule has 0 amide bonds. The van der Waals surface area contributed by atoms with Crippen molar-refractivity contribution in [2.24, 2.45) is 0 Å². The lowest BCUT2D eigenvalue weighted by atomic mass is 10.1. The summed E-state index contributed by atoms with van der Waals surface area (Å²) < 4.78 is 11.7. The molecule has 0 spiro atoms. The van der Waals surface area contributed by atoms with Crippen LogP contribution in [0.15, 0.2) is 62.6 Å². The summed E-state index contributed by atoms with van der Waals surface area (Å²) in [7, 11) is 1.57. The first kappa shape index (κ1) is 16.7. The number of rotatable bonds is 6. The first-order valence-corrected chi connectivity index (χ1v) is 8.83. The van der Waals surface area contributed by atoms with Gasteiger partial charge in [-0.15, -0.1) is 10.2 Å². The number of methoxy groups -OCH3 is 1. The van der Waals surface area contributed by atoms with Crippen LogP contribution < -0.4 is 4.74 Å². The monoisotopic (exact) mass is 404 g/mol. The third kappa shape index (κ3) is 4.04. The van der Waals surface area contributed by atoms with Gasteiger partial charge in [0.05, 0.1) is 12.9 Å². The summed E-state index contributed by atoms with van der Waals surface area (Å²) in [6.45, 7) is 0. The maximum absolute atomic E-state index is 12.2. The summed E-state index contributed by atoms with van der Waals surface area (Å²) in [5, 5.41) is 8.35. The molecule has 7 heteroatoms. The van der Waals surface area contributed by atoms with E-state index in [9.17, 15) is 4.79 Å². The minimum absolute atomic E-state index is 0.0268. The average Bonchev–Trinajstić information content (AvgIpc) is 3.09. The van der Waals surface area contributed by atoms with Crippen LogP contribution in [0.5, 0.6) is 5.75 Å². The fourth-order valence-corrected chi connectivity index (χ4v) is 3.07. The van der Waals surface area contributed by atoms with Gasteiger partial charge in [-0.2, -0.15) is 0 Å². The molecule has 122 valence electrons. The molecule has 3 aromatic rings. The van der Waals surface area contributed by atoms with Crippen molar-refractivity contribution in [2.45, 2.75) is 5.22 Å². The Hall–Kier alpha value is -2.12. The lowest BCUT2D eigenvalue weighted by Gasteiger charge is -2.02. The molecule has 0 unspecified atom stereocenters. The van der Waals surface area contributed by atoms with Gasteiger partial charge in [-0.25, -0.2) is 0 Å². The highest BCUT2D eigenvalue weighted by Gasteiger charge is 2.13. The van der Waals surface area contributed by atoms with Gasteiger partial charge in [0.15, 0.2) is 5.78 Å². The number of ketones is 1. The van der Waals surface area contributed by atoms with E-state index in [0.29, 0.717) is 22.4 Å². The molecule has 0 atom stereocenters. The van der Waals surface area contributed by atoms with Gasteiger partial charge >= 0.3 is 0 Å². The zero-order valence-electron chi connectivity index (χ0n) is 12.7. The molecule has 0 aliphatic heterocycles. The first-order valence-electron chi connectivity index (χ1n) is 7.05. The molecule has 0 fully saturated rings. The second kappa shape index (κ2) is 7.63. The second-order valence-electron chi connectivity index (χ2n) is 4.83. The molecule has 5 nitrogen and oxygen atoms in total. The van der Waals surface area contributed by atoms with Crippen molar-refractivity contribution in [1.82, 2.24) is 10.2 Å². The van der Waals surface area contributed by atoms with Gasteiger partial charge in [-0.3, -0.25) is 4.79 Å². The predicted molar refractivity (Wildman–Crippen MR) is 95.5 cm³/mol. The number of nitrogens with zero attached hydrogens (tertiary/aromatic N) is 2. The lowest BCUT2D eigenvalue weighted by molar-refractivity contribution is 0.102. The smallest absolute Gasteiger partial charge is 0.277 e. The Kier molecular flexibility index (Phi) is 5.32. The van der Waals surface area contributed by atoms with Crippen molar-refractivity contribution < 1.29 is 13.9 Å². The fraction of sp³-hybridized carbons (Fsp3) is 0.118. The topological polar surface area (TPSA) is 65.2 Å². The van der Waals surface area contributed by atoms with Crippen molar-refractivity contribution >= 4 is 33.5 Å². The number of Topliss-reactive ketones (excluding diaryl/α,β-unsaturated/α-hetero) is 1. The van der Waals surface area contributed by atoms with Gasteiger partial charge in [-0.05, 0) is 30.3 Å². The molecular formula is C17H13BrN2O3S. The number of ether oxygens (including phenoxy) is 1. The minimum atomic E-state index is -0.0268. The number of aromatic nitrogens is 2. The molecule has 0 radical (unpaired) electrons. The van der Waals surface area contributed by atoms with Crippen LogP contribution in [-0.2, 0) is 0 Å². The number of hydrogen-bond donors (Lipinski definition) is 0. The van der Waals surface area contributed by atoms with Crippen molar-refractivity contribution in [3.8, 4) is 17.2 Å². The summed E-state index contributed by atoms with van der Waals surface area (Å²) in [5.41, 5.74) is 1.41. The van der Waals surface area contributed by atoms with Gasteiger partial charge in [0.25, 0.3) is 5.22 Å². The predicted octanol–water partition coefficient (Wildman–Crippen LogP) is 4.48. The van der Waals surface area contributed by atoms with Crippen molar-refractivity contribution in [3.05, 3.63) is 58.6 Å². The minimum Gasteiger partial charge on any atom is -0.497 e. The van der Waals surface area contributed by atoms with Crippen molar-refractivity contribution in [3.63, 3.8) is 0 Å². The molecule has 1 aromatic heterocycles. The van der Waals surface area contributed by atoms with Crippen molar-refractivity contribution in [2.75, 3.05) is 12.9 Å². The Morgan fingerprint density at radius 2 is 2.04 bits per heavy atom. The van der Waals surface area contributed by atoms with E-state index < -0.39 is 0 Å². The van der Waals surface area contributed by atoms with E-state index in [0.717, 1.165) is 10.0 Å².